The van der Waals surface area contributed by atoms with Crippen molar-refractivity contribution in [1.82, 2.24) is 10.3 Å². The summed E-state index contributed by atoms with van der Waals surface area (Å²) in [5, 5.41) is 2.76. The van der Waals surface area contributed by atoms with Gasteiger partial charge in [0.25, 0.3) is 5.91 Å². The molecule has 2 fully saturated rings. The van der Waals surface area contributed by atoms with Gasteiger partial charge in [0, 0.05) is 18.9 Å². The average Bonchev–Trinajstić information content (AvgIpc) is 3.46. The van der Waals surface area contributed by atoms with Crippen LogP contribution in [0.25, 0.3) is 0 Å². The van der Waals surface area contributed by atoms with Gasteiger partial charge in [0.15, 0.2) is 17.2 Å². The number of cyclic esters (lactones) is 1. The number of methoxy groups -OCH3 is 1. The Bertz CT molecular complexity index is 980. The van der Waals surface area contributed by atoms with E-state index in [1.165, 1.54) is 19.4 Å². The number of rotatable bonds is 12. The molecule has 11 heteroatoms. The number of esters is 2. The summed E-state index contributed by atoms with van der Waals surface area (Å²) >= 11 is 0. The summed E-state index contributed by atoms with van der Waals surface area (Å²) in [7, 11) is 1.42. The van der Waals surface area contributed by atoms with Crippen molar-refractivity contribution < 1.29 is 42.8 Å². The van der Waals surface area contributed by atoms with Crippen molar-refractivity contribution >= 4 is 17.8 Å². The fourth-order valence-electron chi connectivity index (χ4n) is 4.90. The second kappa shape index (κ2) is 15.8. The molecule has 0 unspecified atom stereocenters. The first-order chi connectivity index (χ1) is 19.2. The van der Waals surface area contributed by atoms with E-state index < -0.39 is 36.8 Å². The Morgan fingerprint density at radius 2 is 1.90 bits per heavy atom. The molecule has 1 aromatic rings. The van der Waals surface area contributed by atoms with Gasteiger partial charge in [-0.3, -0.25) is 9.59 Å². The number of amides is 1. The van der Waals surface area contributed by atoms with Crippen LogP contribution in [0.2, 0.25) is 0 Å². The number of pyridine rings is 1. The Kier molecular flexibility index (Phi) is 12.5. The third kappa shape index (κ3) is 8.79. The van der Waals surface area contributed by atoms with Crippen molar-refractivity contribution in [1.29, 1.82) is 0 Å². The summed E-state index contributed by atoms with van der Waals surface area (Å²) in [6.45, 7) is 7.43. The summed E-state index contributed by atoms with van der Waals surface area (Å²) in [4.78, 5) is 42.6. The molecule has 11 nitrogen and oxygen atoms in total. The zero-order valence-corrected chi connectivity index (χ0v) is 24.3. The number of hydrogen-bond donors (Lipinski definition) is 1. The van der Waals surface area contributed by atoms with Crippen LogP contribution in [0, 0.1) is 5.92 Å². The summed E-state index contributed by atoms with van der Waals surface area (Å²) < 4.78 is 34.5. The molecule has 1 N–H and O–H groups in total. The van der Waals surface area contributed by atoms with E-state index in [2.05, 4.69) is 17.2 Å². The van der Waals surface area contributed by atoms with E-state index >= 15 is 0 Å². The number of nitrogens with one attached hydrogen (secondary N) is 1. The SMILES string of the molecule is CCCO[C@H]1CCC[C@H](NC(=O)c2nccc(OC)c2OCOC(=O)C(C)C)C(=O)O[C@@H](C)[C@@H]1OC1CCCC1. The summed E-state index contributed by atoms with van der Waals surface area (Å²) in [6, 6.07) is 0.611. The number of carbonyl (C=O) groups excluding carboxylic acids is 3. The Morgan fingerprint density at radius 1 is 1.15 bits per heavy atom. The van der Waals surface area contributed by atoms with Crippen molar-refractivity contribution in [3.8, 4) is 11.5 Å². The first-order valence-electron chi connectivity index (χ1n) is 14.4. The van der Waals surface area contributed by atoms with Crippen LogP contribution < -0.4 is 14.8 Å². The molecule has 40 heavy (non-hydrogen) atoms. The van der Waals surface area contributed by atoms with E-state index in [-0.39, 0.29) is 41.4 Å². The number of hydrogen-bond acceptors (Lipinski definition) is 10. The highest BCUT2D eigenvalue weighted by Gasteiger charge is 2.37. The first-order valence-corrected chi connectivity index (χ1v) is 14.4. The highest BCUT2D eigenvalue weighted by Crippen LogP contribution is 2.31. The minimum atomic E-state index is -0.911. The molecule has 224 valence electrons. The van der Waals surface area contributed by atoms with E-state index in [0.29, 0.717) is 25.9 Å². The van der Waals surface area contributed by atoms with Crippen molar-refractivity contribution in [2.75, 3.05) is 20.5 Å². The van der Waals surface area contributed by atoms with E-state index in [1.807, 2.05) is 6.92 Å². The zero-order chi connectivity index (χ0) is 29.1. The molecule has 2 heterocycles. The maximum absolute atomic E-state index is 13.3. The second-order valence-electron chi connectivity index (χ2n) is 10.6. The zero-order valence-electron chi connectivity index (χ0n) is 24.3. The molecule has 1 aromatic heterocycles. The minimum Gasteiger partial charge on any atom is -0.493 e. The molecule has 4 atom stereocenters. The highest BCUT2D eigenvalue weighted by molar-refractivity contribution is 5.98. The third-order valence-electron chi connectivity index (χ3n) is 7.07. The Labute approximate surface area is 236 Å². The lowest BCUT2D eigenvalue weighted by Crippen LogP contribution is -2.46. The molecule has 0 spiro atoms. The van der Waals surface area contributed by atoms with Crippen LogP contribution in [0.3, 0.4) is 0 Å². The van der Waals surface area contributed by atoms with Gasteiger partial charge in [0.1, 0.15) is 18.2 Å². The van der Waals surface area contributed by atoms with Crippen LogP contribution in [0.1, 0.15) is 89.5 Å². The van der Waals surface area contributed by atoms with Gasteiger partial charge in [0.2, 0.25) is 6.79 Å². The van der Waals surface area contributed by atoms with Crippen LogP contribution in [0.4, 0.5) is 0 Å². The van der Waals surface area contributed by atoms with E-state index in [4.69, 9.17) is 28.4 Å². The number of aromatic nitrogens is 1. The van der Waals surface area contributed by atoms with Crippen molar-refractivity contribution in [2.24, 2.45) is 5.92 Å². The number of ether oxygens (including phenoxy) is 6. The van der Waals surface area contributed by atoms with Crippen LogP contribution >= 0.6 is 0 Å². The molecule has 0 bridgehead atoms. The Morgan fingerprint density at radius 3 is 2.58 bits per heavy atom. The molecule has 0 aromatic carbocycles. The van der Waals surface area contributed by atoms with E-state index in [1.54, 1.807) is 13.8 Å². The first kappa shape index (κ1) is 31.6. The molecule has 1 aliphatic heterocycles. The maximum Gasteiger partial charge on any atom is 0.329 e. The van der Waals surface area contributed by atoms with Gasteiger partial charge >= 0.3 is 11.9 Å². The van der Waals surface area contributed by atoms with E-state index in [9.17, 15) is 14.4 Å². The van der Waals surface area contributed by atoms with Gasteiger partial charge in [-0.1, -0.05) is 33.6 Å². The Balaban J connectivity index is 1.73. The van der Waals surface area contributed by atoms with Gasteiger partial charge in [-0.05, 0) is 45.4 Å². The maximum atomic E-state index is 13.3. The average molecular weight is 565 g/mol. The highest BCUT2D eigenvalue weighted by atomic mass is 16.7. The topological polar surface area (TPSA) is 132 Å². The predicted molar refractivity (Wildman–Crippen MR) is 145 cm³/mol. The van der Waals surface area contributed by atoms with Gasteiger partial charge in [-0.2, -0.15) is 0 Å². The normalized spacial score (nSPS) is 24.0. The van der Waals surface area contributed by atoms with Crippen LogP contribution in [-0.2, 0) is 28.5 Å². The molecule has 1 saturated heterocycles. The minimum absolute atomic E-state index is 0.00177. The Hall–Kier alpha value is -2.92. The standard InChI is InChI=1S/C29H44N2O9/c1-6-16-36-23-13-9-12-21(29(34)39-19(4)25(23)40-20-10-7-8-11-20)31-27(32)24-26(22(35-5)14-15-30-24)37-17-38-28(33)18(2)3/h14-15,18-21,23,25H,6-13,16-17H2,1-5H3,(H,31,32)/t19-,21-,23-,25-/m0/s1. The van der Waals surface area contributed by atoms with E-state index in [0.717, 1.165) is 32.1 Å². The lowest BCUT2D eigenvalue weighted by atomic mass is 10.0. The van der Waals surface area contributed by atoms with Crippen LogP contribution in [0.5, 0.6) is 11.5 Å². The van der Waals surface area contributed by atoms with Gasteiger partial charge in [-0.15, -0.1) is 0 Å². The fraction of sp³-hybridized carbons (Fsp3) is 0.724. The molecule has 3 rings (SSSR count). The monoisotopic (exact) mass is 564 g/mol. The van der Waals surface area contributed by atoms with Gasteiger partial charge < -0.3 is 33.7 Å². The van der Waals surface area contributed by atoms with Crippen LogP contribution in [0.15, 0.2) is 12.3 Å². The van der Waals surface area contributed by atoms with Crippen LogP contribution in [-0.4, -0.2) is 73.8 Å². The smallest absolute Gasteiger partial charge is 0.329 e. The summed E-state index contributed by atoms with van der Waals surface area (Å²) in [6.07, 6.45) is 7.11. The molecular weight excluding hydrogens is 520 g/mol. The molecule has 0 radical (unpaired) electrons. The molecular formula is C29H44N2O9. The van der Waals surface area contributed by atoms with Crippen molar-refractivity contribution in [3.05, 3.63) is 18.0 Å². The predicted octanol–water partition coefficient (Wildman–Crippen LogP) is 3.96. The third-order valence-corrected chi connectivity index (χ3v) is 7.07. The van der Waals surface area contributed by atoms with Crippen molar-refractivity contribution in [3.63, 3.8) is 0 Å². The number of carbonyl (C=O) groups is 3. The lowest BCUT2D eigenvalue weighted by molar-refractivity contribution is -0.175. The summed E-state index contributed by atoms with van der Waals surface area (Å²) in [5.74, 6) is -1.75. The summed E-state index contributed by atoms with van der Waals surface area (Å²) in [5.41, 5.74) is -0.104. The molecule has 1 amide bonds. The number of nitrogens with zero attached hydrogens (tertiary/aromatic N) is 1. The lowest BCUT2D eigenvalue weighted by Gasteiger charge is -2.33. The van der Waals surface area contributed by atoms with Gasteiger partial charge in [-0.25, -0.2) is 9.78 Å². The van der Waals surface area contributed by atoms with Gasteiger partial charge in [0.05, 0.1) is 25.2 Å². The molecule has 1 aliphatic carbocycles. The van der Waals surface area contributed by atoms with Crippen molar-refractivity contribution in [2.45, 2.75) is 110 Å². The molecule has 1 saturated carbocycles. The fourth-order valence-corrected chi connectivity index (χ4v) is 4.90. The quantitative estimate of drug-likeness (QED) is 0.294. The second-order valence-corrected chi connectivity index (χ2v) is 10.6. The molecule has 2 aliphatic rings. The largest absolute Gasteiger partial charge is 0.493 e.